The van der Waals surface area contributed by atoms with Crippen LogP contribution in [-0.4, -0.2) is 16.5 Å². The normalized spacial score (nSPS) is 18.4. The average Bonchev–Trinajstić information content (AvgIpc) is 2.09. The summed E-state index contributed by atoms with van der Waals surface area (Å²) in [7, 11) is 0. The Morgan fingerprint density at radius 2 is 1.92 bits per heavy atom. The lowest BCUT2D eigenvalue weighted by Gasteiger charge is -2.30. The molecule has 0 aliphatic heterocycles. The van der Waals surface area contributed by atoms with Gasteiger partial charge in [-0.25, -0.2) is 0 Å². The number of rotatable bonds is 5. The molecule has 1 N–H and O–H groups in total. The van der Waals surface area contributed by atoms with E-state index in [2.05, 4.69) is 0 Å². The highest BCUT2D eigenvalue weighted by Gasteiger charge is 2.34. The molecule has 0 unspecified atom stereocenters. The molecule has 0 saturated heterocycles. The van der Waals surface area contributed by atoms with Crippen LogP contribution in [0.4, 0.5) is 0 Å². The Labute approximate surface area is 80.3 Å². The minimum Gasteiger partial charge on any atom is -0.382 e. The van der Waals surface area contributed by atoms with Gasteiger partial charge in [-0.1, -0.05) is 33.1 Å². The van der Waals surface area contributed by atoms with E-state index in [0.717, 1.165) is 0 Å². The van der Waals surface area contributed by atoms with Crippen molar-refractivity contribution in [2.75, 3.05) is 0 Å². The number of Topliss-reactive ketones (excluding diaryl/α,β-unsaturated/α-hetero) is 1. The molecule has 76 valence electrons. The fourth-order valence-corrected chi connectivity index (χ4v) is 1.79. The monoisotopic (exact) mass is 184 g/mol. The maximum atomic E-state index is 11.7. The van der Waals surface area contributed by atoms with E-state index >= 15 is 0 Å². The topological polar surface area (TPSA) is 37.3 Å². The van der Waals surface area contributed by atoms with Crippen molar-refractivity contribution in [1.29, 1.82) is 0 Å². The standard InChI is InChI=1S/C11H20O2/c1-3-11(13,4-2)10(12)8-9-6-5-7-9/h9,13H,3-8H2,1-2H3. The average molecular weight is 184 g/mol. The van der Waals surface area contributed by atoms with E-state index in [1.807, 2.05) is 13.8 Å². The van der Waals surface area contributed by atoms with Crippen LogP contribution >= 0.6 is 0 Å². The minimum atomic E-state index is -1.03. The van der Waals surface area contributed by atoms with Crippen LogP contribution in [0.25, 0.3) is 0 Å². The van der Waals surface area contributed by atoms with E-state index in [-0.39, 0.29) is 5.78 Å². The Kier molecular flexibility index (Phi) is 3.48. The van der Waals surface area contributed by atoms with Crippen LogP contribution in [0.15, 0.2) is 0 Å². The van der Waals surface area contributed by atoms with Crippen LogP contribution in [0.3, 0.4) is 0 Å². The summed E-state index contributed by atoms with van der Waals surface area (Å²) in [6, 6.07) is 0. The molecule has 1 saturated carbocycles. The molecule has 0 aromatic heterocycles. The van der Waals surface area contributed by atoms with E-state index in [0.29, 0.717) is 25.2 Å². The fraction of sp³-hybridized carbons (Fsp3) is 0.909. The Balaban J connectivity index is 2.43. The molecule has 1 fully saturated rings. The first-order valence-electron chi connectivity index (χ1n) is 5.38. The molecular weight excluding hydrogens is 164 g/mol. The van der Waals surface area contributed by atoms with E-state index in [4.69, 9.17) is 0 Å². The smallest absolute Gasteiger partial charge is 0.164 e. The highest BCUT2D eigenvalue weighted by atomic mass is 16.3. The van der Waals surface area contributed by atoms with Gasteiger partial charge in [0.1, 0.15) is 5.60 Å². The molecule has 0 bridgehead atoms. The maximum absolute atomic E-state index is 11.7. The zero-order chi connectivity index (χ0) is 9.90. The predicted molar refractivity (Wildman–Crippen MR) is 52.5 cm³/mol. The van der Waals surface area contributed by atoms with Crippen LogP contribution in [-0.2, 0) is 4.79 Å². The van der Waals surface area contributed by atoms with Crippen molar-refractivity contribution < 1.29 is 9.90 Å². The third-order valence-corrected chi connectivity index (χ3v) is 3.39. The number of aliphatic hydroxyl groups is 1. The largest absolute Gasteiger partial charge is 0.382 e. The lowest BCUT2D eigenvalue weighted by molar-refractivity contribution is -0.139. The van der Waals surface area contributed by atoms with Crippen molar-refractivity contribution in [2.45, 2.75) is 58.0 Å². The first-order valence-corrected chi connectivity index (χ1v) is 5.38. The molecule has 1 rings (SSSR count). The second-order valence-corrected chi connectivity index (χ2v) is 4.16. The number of ketones is 1. The SMILES string of the molecule is CCC(O)(CC)C(=O)CC1CCC1. The Morgan fingerprint density at radius 1 is 1.38 bits per heavy atom. The third kappa shape index (κ3) is 2.31. The molecule has 0 radical (unpaired) electrons. The zero-order valence-electron chi connectivity index (χ0n) is 8.68. The summed E-state index contributed by atoms with van der Waals surface area (Å²) < 4.78 is 0. The Bertz CT molecular complexity index is 179. The van der Waals surface area contributed by atoms with Crippen LogP contribution in [0.5, 0.6) is 0 Å². The van der Waals surface area contributed by atoms with Crippen molar-refractivity contribution in [3.63, 3.8) is 0 Å². The highest BCUT2D eigenvalue weighted by Crippen LogP contribution is 2.32. The van der Waals surface area contributed by atoms with Gasteiger partial charge in [-0.15, -0.1) is 0 Å². The molecule has 0 heterocycles. The molecule has 0 aromatic rings. The summed E-state index contributed by atoms with van der Waals surface area (Å²) in [6.45, 7) is 3.75. The Hall–Kier alpha value is -0.370. The van der Waals surface area contributed by atoms with Crippen molar-refractivity contribution in [3.05, 3.63) is 0 Å². The van der Waals surface area contributed by atoms with Gasteiger partial charge in [0.25, 0.3) is 0 Å². The molecular formula is C11H20O2. The highest BCUT2D eigenvalue weighted by molar-refractivity contribution is 5.87. The van der Waals surface area contributed by atoms with Gasteiger partial charge in [-0.3, -0.25) is 4.79 Å². The van der Waals surface area contributed by atoms with E-state index < -0.39 is 5.60 Å². The van der Waals surface area contributed by atoms with Gasteiger partial charge in [0, 0.05) is 6.42 Å². The molecule has 0 amide bonds. The van der Waals surface area contributed by atoms with Crippen molar-refractivity contribution >= 4 is 5.78 Å². The molecule has 0 aromatic carbocycles. The summed E-state index contributed by atoms with van der Waals surface area (Å²) >= 11 is 0. The summed E-state index contributed by atoms with van der Waals surface area (Å²) in [6.07, 6.45) is 5.31. The fourth-order valence-electron chi connectivity index (χ4n) is 1.79. The van der Waals surface area contributed by atoms with Gasteiger partial charge in [0.05, 0.1) is 0 Å². The zero-order valence-corrected chi connectivity index (χ0v) is 8.68. The lowest BCUT2D eigenvalue weighted by atomic mass is 9.78. The maximum Gasteiger partial charge on any atom is 0.164 e. The quantitative estimate of drug-likeness (QED) is 0.711. The van der Waals surface area contributed by atoms with Gasteiger partial charge >= 0.3 is 0 Å². The van der Waals surface area contributed by atoms with Crippen LogP contribution in [0, 0.1) is 5.92 Å². The van der Waals surface area contributed by atoms with Gasteiger partial charge in [0.2, 0.25) is 0 Å². The number of carbonyl (C=O) groups excluding carboxylic acids is 1. The van der Waals surface area contributed by atoms with Crippen LogP contribution in [0.2, 0.25) is 0 Å². The lowest BCUT2D eigenvalue weighted by Crippen LogP contribution is -2.38. The molecule has 1 aliphatic carbocycles. The summed E-state index contributed by atoms with van der Waals surface area (Å²) in [5, 5.41) is 9.92. The van der Waals surface area contributed by atoms with Crippen LogP contribution in [0.1, 0.15) is 52.4 Å². The second-order valence-electron chi connectivity index (χ2n) is 4.16. The minimum absolute atomic E-state index is 0.0576. The summed E-state index contributed by atoms with van der Waals surface area (Å²) in [5.74, 6) is 0.624. The number of carbonyl (C=O) groups is 1. The predicted octanol–water partition coefficient (Wildman–Crippen LogP) is 2.30. The molecule has 1 aliphatic rings. The number of hydrogen-bond acceptors (Lipinski definition) is 2. The Morgan fingerprint density at radius 3 is 2.23 bits per heavy atom. The van der Waals surface area contributed by atoms with E-state index in [1.165, 1.54) is 19.3 Å². The second kappa shape index (κ2) is 4.23. The van der Waals surface area contributed by atoms with Gasteiger partial charge < -0.3 is 5.11 Å². The van der Waals surface area contributed by atoms with Crippen LogP contribution < -0.4 is 0 Å². The van der Waals surface area contributed by atoms with Gasteiger partial charge in [-0.05, 0) is 18.8 Å². The van der Waals surface area contributed by atoms with Gasteiger partial charge in [-0.2, -0.15) is 0 Å². The molecule has 2 nitrogen and oxygen atoms in total. The van der Waals surface area contributed by atoms with E-state index in [1.54, 1.807) is 0 Å². The third-order valence-electron chi connectivity index (χ3n) is 3.39. The summed E-state index contributed by atoms with van der Waals surface area (Å²) in [5.41, 5.74) is -1.03. The van der Waals surface area contributed by atoms with Crippen molar-refractivity contribution in [2.24, 2.45) is 5.92 Å². The first-order chi connectivity index (χ1) is 6.12. The van der Waals surface area contributed by atoms with Gasteiger partial charge in [0.15, 0.2) is 5.78 Å². The van der Waals surface area contributed by atoms with Crippen molar-refractivity contribution in [1.82, 2.24) is 0 Å². The number of hydrogen-bond donors (Lipinski definition) is 1. The molecule has 0 atom stereocenters. The molecule has 13 heavy (non-hydrogen) atoms. The summed E-state index contributed by atoms with van der Waals surface area (Å²) in [4.78, 5) is 11.7. The molecule has 0 spiro atoms. The first kappa shape index (κ1) is 10.7. The van der Waals surface area contributed by atoms with Crippen molar-refractivity contribution in [3.8, 4) is 0 Å². The van der Waals surface area contributed by atoms with E-state index in [9.17, 15) is 9.90 Å². The molecule has 2 heteroatoms.